The van der Waals surface area contributed by atoms with Gasteiger partial charge in [0.05, 0.1) is 0 Å². The molecule has 0 nitrogen and oxygen atoms in total. The summed E-state index contributed by atoms with van der Waals surface area (Å²) in [7, 11) is -1.26. The molecule has 4 rings (SSSR count). The SMILES string of the molecule is C[Si](C)(C1[CH-]C2C=CC=CC2C1)C1[CH-]C2C=CC=CC2C1.[CH3-].[CH3-].[Zr+4]. The molecule has 2 saturated carbocycles. The van der Waals surface area contributed by atoms with Gasteiger partial charge in [-0.25, -0.2) is 0 Å². The van der Waals surface area contributed by atoms with E-state index in [1.54, 1.807) is 0 Å². The molecule has 2 fully saturated rings. The smallest absolute Gasteiger partial charge is 0.358 e. The molecule has 0 aromatic heterocycles. The number of fused-ring (bicyclic) bond motifs is 2. The quantitative estimate of drug-likeness (QED) is 0.368. The zero-order valence-electron chi connectivity index (χ0n) is 15.7. The summed E-state index contributed by atoms with van der Waals surface area (Å²) in [5.41, 5.74) is 1.77. The Kier molecular flexibility index (Phi) is 7.95. The third-order valence-electron chi connectivity index (χ3n) is 6.47. The second-order valence-electron chi connectivity index (χ2n) is 7.91. The van der Waals surface area contributed by atoms with Crippen molar-refractivity contribution in [2.75, 3.05) is 0 Å². The average Bonchev–Trinajstić information content (AvgIpc) is 3.11. The largest absolute Gasteiger partial charge is 4.00 e. The summed E-state index contributed by atoms with van der Waals surface area (Å²) in [6.45, 7) is 5.29. The van der Waals surface area contributed by atoms with Crippen LogP contribution >= 0.6 is 0 Å². The van der Waals surface area contributed by atoms with Crippen molar-refractivity contribution >= 4 is 8.07 Å². The Morgan fingerprint density at radius 3 is 1.46 bits per heavy atom. The van der Waals surface area contributed by atoms with Crippen LogP contribution in [0.2, 0.25) is 24.2 Å². The van der Waals surface area contributed by atoms with Crippen LogP contribution in [0.25, 0.3) is 0 Å². The van der Waals surface area contributed by atoms with E-state index in [0.717, 1.165) is 34.8 Å². The zero-order chi connectivity index (χ0) is 14.4. The number of allylic oxidation sites excluding steroid dienone is 8. The van der Waals surface area contributed by atoms with Gasteiger partial charge in [0.2, 0.25) is 0 Å². The van der Waals surface area contributed by atoms with Crippen molar-refractivity contribution in [1.29, 1.82) is 0 Å². The predicted molar refractivity (Wildman–Crippen MR) is 106 cm³/mol. The molecule has 0 aliphatic heterocycles. The summed E-state index contributed by atoms with van der Waals surface area (Å²) < 4.78 is 0. The summed E-state index contributed by atoms with van der Waals surface area (Å²) in [6.07, 6.45) is 26.9. The Morgan fingerprint density at radius 1 is 0.708 bits per heavy atom. The van der Waals surface area contributed by atoms with Gasteiger partial charge in [0.1, 0.15) is 0 Å². The van der Waals surface area contributed by atoms with E-state index in [2.05, 4.69) is 74.5 Å². The minimum Gasteiger partial charge on any atom is -0.358 e. The standard InChI is InChI=1S/C20H26Si.2CH3.Zr/c1-21(2,19-11-15-7-3-4-8-16(15)12-19)20-13-17-9-5-6-10-18(17)14-20;;;/h3-11,13,15-20H,12,14H2,1-2H3;2*1H3;/q-2;2*-1;+4. The van der Waals surface area contributed by atoms with Gasteiger partial charge in [-0.3, -0.25) is 0 Å². The van der Waals surface area contributed by atoms with Gasteiger partial charge in [0.15, 0.2) is 0 Å². The molecule has 24 heavy (non-hydrogen) atoms. The Labute approximate surface area is 170 Å². The molecule has 2 heteroatoms. The topological polar surface area (TPSA) is 0 Å². The van der Waals surface area contributed by atoms with E-state index in [9.17, 15) is 0 Å². The van der Waals surface area contributed by atoms with Crippen molar-refractivity contribution in [3.8, 4) is 0 Å². The Balaban J connectivity index is 0.000000960. The zero-order valence-corrected chi connectivity index (χ0v) is 19.1. The first-order chi connectivity index (χ1) is 10.1. The molecule has 0 radical (unpaired) electrons. The predicted octanol–water partition coefficient (Wildman–Crippen LogP) is 6.27. The van der Waals surface area contributed by atoms with Crippen molar-refractivity contribution < 1.29 is 26.2 Å². The van der Waals surface area contributed by atoms with Crippen LogP contribution in [0.1, 0.15) is 12.8 Å². The van der Waals surface area contributed by atoms with Crippen LogP contribution in [0.15, 0.2) is 48.6 Å². The van der Waals surface area contributed by atoms with Crippen molar-refractivity contribution in [3.05, 3.63) is 76.3 Å². The molecular formula is C22H32SiZr. The van der Waals surface area contributed by atoms with Crippen LogP contribution < -0.4 is 0 Å². The average molecular weight is 416 g/mol. The fourth-order valence-electron chi connectivity index (χ4n) is 4.88. The third kappa shape index (κ3) is 3.90. The molecule has 6 atom stereocenters. The maximum Gasteiger partial charge on any atom is 4.00 e. The van der Waals surface area contributed by atoms with Crippen LogP contribution in [0.5, 0.6) is 0 Å². The summed E-state index contributed by atoms with van der Waals surface area (Å²) in [5, 5.41) is 0. The molecule has 0 bridgehead atoms. The van der Waals surface area contributed by atoms with Crippen molar-refractivity contribution in [2.24, 2.45) is 23.7 Å². The summed E-state index contributed by atoms with van der Waals surface area (Å²) in [5.74, 6) is 3.01. The fraction of sp³-hybridized carbons (Fsp3) is 0.455. The van der Waals surface area contributed by atoms with Crippen LogP contribution in [-0.4, -0.2) is 8.07 Å². The second kappa shape index (κ2) is 8.63. The summed E-state index contributed by atoms with van der Waals surface area (Å²) in [4.78, 5) is 0. The van der Waals surface area contributed by atoms with Crippen LogP contribution in [-0.2, 0) is 26.2 Å². The second-order valence-corrected chi connectivity index (χ2v) is 13.0. The maximum absolute atomic E-state index is 2.71. The molecule has 6 unspecified atom stereocenters. The Bertz CT molecular complexity index is 442. The minimum absolute atomic E-state index is 0. The van der Waals surface area contributed by atoms with Crippen LogP contribution in [0.4, 0.5) is 0 Å². The van der Waals surface area contributed by atoms with E-state index >= 15 is 0 Å². The first kappa shape index (κ1) is 22.1. The van der Waals surface area contributed by atoms with E-state index in [1.807, 2.05) is 0 Å². The number of rotatable bonds is 2. The summed E-state index contributed by atoms with van der Waals surface area (Å²) in [6, 6.07) is 0. The fourth-order valence-corrected chi connectivity index (χ4v) is 8.63. The van der Waals surface area contributed by atoms with Crippen molar-refractivity contribution in [3.63, 3.8) is 0 Å². The maximum atomic E-state index is 2.71. The van der Waals surface area contributed by atoms with Gasteiger partial charge in [0, 0.05) is 0 Å². The van der Waals surface area contributed by atoms with Crippen molar-refractivity contribution in [1.82, 2.24) is 0 Å². The molecule has 0 spiro atoms. The van der Waals surface area contributed by atoms with E-state index in [1.165, 1.54) is 12.8 Å². The molecule has 0 heterocycles. The Morgan fingerprint density at radius 2 is 1.08 bits per heavy atom. The molecule has 0 aromatic carbocycles. The van der Waals surface area contributed by atoms with Gasteiger partial charge in [0.25, 0.3) is 0 Å². The molecule has 0 N–H and O–H groups in total. The van der Waals surface area contributed by atoms with Crippen LogP contribution in [0.3, 0.4) is 0 Å². The number of hydrogen-bond acceptors (Lipinski definition) is 0. The number of hydrogen-bond donors (Lipinski definition) is 0. The molecule has 0 amide bonds. The molecule has 4 aliphatic rings. The minimum atomic E-state index is -1.26. The van der Waals surface area contributed by atoms with Gasteiger partial charge >= 0.3 is 26.2 Å². The van der Waals surface area contributed by atoms with E-state index in [4.69, 9.17) is 0 Å². The monoisotopic (exact) mass is 414 g/mol. The van der Waals surface area contributed by atoms with Crippen LogP contribution in [0, 0.1) is 51.4 Å². The van der Waals surface area contributed by atoms with Gasteiger partial charge < -0.3 is 27.7 Å². The first-order valence-electron chi connectivity index (χ1n) is 8.54. The van der Waals surface area contributed by atoms with Gasteiger partial charge in [-0.15, -0.1) is 24.0 Å². The molecular weight excluding hydrogens is 384 g/mol. The summed E-state index contributed by atoms with van der Waals surface area (Å²) >= 11 is 0. The molecule has 4 aliphatic carbocycles. The molecule has 0 saturated heterocycles. The first-order valence-corrected chi connectivity index (χ1v) is 11.7. The van der Waals surface area contributed by atoms with Gasteiger partial charge in [-0.1, -0.05) is 62.4 Å². The normalized spacial score (nSPS) is 38.6. The van der Waals surface area contributed by atoms with Gasteiger partial charge in [-0.05, 0) is 19.9 Å². The molecule has 128 valence electrons. The van der Waals surface area contributed by atoms with E-state index < -0.39 is 8.07 Å². The van der Waals surface area contributed by atoms with E-state index in [-0.39, 0.29) is 41.1 Å². The van der Waals surface area contributed by atoms with Crippen molar-refractivity contribution in [2.45, 2.75) is 37.0 Å². The van der Waals surface area contributed by atoms with Gasteiger partial charge in [-0.2, -0.15) is 11.1 Å². The molecule has 0 aromatic rings. The Hall–Kier alpha value is 0.0600. The third-order valence-corrected chi connectivity index (χ3v) is 11.1. The van der Waals surface area contributed by atoms with E-state index in [0.29, 0.717) is 0 Å².